The first-order valence-electron chi connectivity index (χ1n) is 10.8. The number of nitrogens with zero attached hydrogens (tertiary/aromatic N) is 3. The zero-order chi connectivity index (χ0) is 18.5. The van der Waals surface area contributed by atoms with Gasteiger partial charge in [-0.05, 0) is 71.5 Å². The highest BCUT2D eigenvalue weighted by Gasteiger charge is 2.15. The molecule has 0 saturated carbocycles. The molecule has 1 amide bonds. The Kier molecular flexibility index (Phi) is 10.5. The molecule has 2 aliphatic heterocycles. The Hall–Kier alpha value is -1.30. The fourth-order valence-electron chi connectivity index (χ4n) is 3.74. The smallest absolute Gasteiger partial charge is 0.222 e. The SMILES string of the molecule is CCNC(=NCCCN1CCCCCC1=O)NCCCCN1CCCC1. The maximum Gasteiger partial charge on any atom is 0.222 e. The van der Waals surface area contributed by atoms with Crippen LogP contribution >= 0.6 is 0 Å². The second-order valence-corrected chi connectivity index (χ2v) is 7.49. The molecule has 26 heavy (non-hydrogen) atoms. The molecule has 0 aliphatic carbocycles. The highest BCUT2D eigenvalue weighted by atomic mass is 16.2. The third-order valence-corrected chi connectivity index (χ3v) is 5.26. The minimum Gasteiger partial charge on any atom is -0.357 e. The molecule has 6 nitrogen and oxygen atoms in total. The zero-order valence-corrected chi connectivity index (χ0v) is 16.8. The number of likely N-dealkylation sites (tertiary alicyclic amines) is 2. The van der Waals surface area contributed by atoms with Crippen molar-refractivity contribution in [2.45, 2.75) is 64.7 Å². The van der Waals surface area contributed by atoms with Crippen LogP contribution in [0.15, 0.2) is 4.99 Å². The van der Waals surface area contributed by atoms with Gasteiger partial charge in [0, 0.05) is 39.1 Å². The molecule has 150 valence electrons. The number of carbonyl (C=O) groups excluding carboxylic acids is 1. The number of amides is 1. The van der Waals surface area contributed by atoms with E-state index in [9.17, 15) is 4.79 Å². The van der Waals surface area contributed by atoms with Gasteiger partial charge in [0.05, 0.1) is 0 Å². The first kappa shape index (κ1) is 21.0. The summed E-state index contributed by atoms with van der Waals surface area (Å²) >= 11 is 0. The maximum absolute atomic E-state index is 12.0. The van der Waals surface area contributed by atoms with Crippen molar-refractivity contribution < 1.29 is 4.79 Å². The van der Waals surface area contributed by atoms with Gasteiger partial charge >= 0.3 is 0 Å². The van der Waals surface area contributed by atoms with E-state index < -0.39 is 0 Å². The van der Waals surface area contributed by atoms with Crippen molar-refractivity contribution >= 4 is 11.9 Å². The van der Waals surface area contributed by atoms with Crippen LogP contribution in [0.4, 0.5) is 0 Å². The molecule has 0 aromatic carbocycles. The maximum atomic E-state index is 12.0. The van der Waals surface area contributed by atoms with Crippen molar-refractivity contribution in [3.8, 4) is 0 Å². The van der Waals surface area contributed by atoms with E-state index in [0.717, 1.165) is 64.4 Å². The second kappa shape index (κ2) is 13.0. The third-order valence-electron chi connectivity index (χ3n) is 5.26. The van der Waals surface area contributed by atoms with Crippen LogP contribution < -0.4 is 10.6 Å². The summed E-state index contributed by atoms with van der Waals surface area (Å²) in [4.78, 5) is 21.3. The summed E-state index contributed by atoms with van der Waals surface area (Å²) in [6.45, 7) is 10.3. The van der Waals surface area contributed by atoms with Gasteiger partial charge in [0.1, 0.15) is 0 Å². The number of unbranched alkanes of at least 4 members (excludes halogenated alkanes) is 1. The molecule has 2 fully saturated rings. The Morgan fingerprint density at radius 2 is 1.77 bits per heavy atom. The van der Waals surface area contributed by atoms with Crippen LogP contribution in [0.25, 0.3) is 0 Å². The zero-order valence-electron chi connectivity index (χ0n) is 16.8. The van der Waals surface area contributed by atoms with Crippen molar-refractivity contribution in [2.24, 2.45) is 4.99 Å². The van der Waals surface area contributed by atoms with Gasteiger partial charge in [-0.15, -0.1) is 0 Å². The third kappa shape index (κ3) is 8.39. The quantitative estimate of drug-likeness (QED) is 0.354. The van der Waals surface area contributed by atoms with Gasteiger partial charge in [0.2, 0.25) is 5.91 Å². The molecular formula is C20H39N5O. The molecule has 2 aliphatic rings. The number of hydrogen-bond acceptors (Lipinski definition) is 3. The molecule has 2 saturated heterocycles. The van der Waals surface area contributed by atoms with E-state index in [0.29, 0.717) is 5.91 Å². The Labute approximate surface area is 159 Å². The highest BCUT2D eigenvalue weighted by molar-refractivity contribution is 5.79. The summed E-state index contributed by atoms with van der Waals surface area (Å²) in [6.07, 6.45) is 10.2. The summed E-state index contributed by atoms with van der Waals surface area (Å²) in [5.41, 5.74) is 0. The van der Waals surface area contributed by atoms with Gasteiger partial charge in [0.15, 0.2) is 5.96 Å². The van der Waals surface area contributed by atoms with E-state index in [1.807, 2.05) is 4.90 Å². The van der Waals surface area contributed by atoms with Crippen LogP contribution in [-0.4, -0.2) is 74.0 Å². The van der Waals surface area contributed by atoms with Gasteiger partial charge in [-0.2, -0.15) is 0 Å². The normalized spacial score (nSPS) is 19.7. The predicted octanol–water partition coefficient (Wildman–Crippen LogP) is 2.21. The Balaban J connectivity index is 1.58. The largest absolute Gasteiger partial charge is 0.357 e. The summed E-state index contributed by atoms with van der Waals surface area (Å²) in [5.74, 6) is 1.24. The Morgan fingerprint density at radius 1 is 0.962 bits per heavy atom. The van der Waals surface area contributed by atoms with Crippen LogP contribution in [0.2, 0.25) is 0 Å². The lowest BCUT2D eigenvalue weighted by molar-refractivity contribution is -0.130. The van der Waals surface area contributed by atoms with E-state index >= 15 is 0 Å². The second-order valence-electron chi connectivity index (χ2n) is 7.49. The Morgan fingerprint density at radius 3 is 2.58 bits per heavy atom. The summed E-state index contributed by atoms with van der Waals surface area (Å²) in [5, 5.41) is 6.76. The number of carbonyl (C=O) groups is 1. The average Bonchev–Trinajstić information content (AvgIpc) is 3.07. The van der Waals surface area contributed by atoms with Crippen LogP contribution in [0.3, 0.4) is 0 Å². The van der Waals surface area contributed by atoms with Crippen molar-refractivity contribution in [1.29, 1.82) is 0 Å². The lowest BCUT2D eigenvalue weighted by Crippen LogP contribution is -2.38. The number of hydrogen-bond donors (Lipinski definition) is 2. The molecule has 0 radical (unpaired) electrons. The van der Waals surface area contributed by atoms with Crippen molar-refractivity contribution in [1.82, 2.24) is 20.4 Å². The summed E-state index contributed by atoms with van der Waals surface area (Å²) in [6, 6.07) is 0. The molecular weight excluding hydrogens is 326 g/mol. The van der Waals surface area contributed by atoms with Crippen LogP contribution in [0.5, 0.6) is 0 Å². The lowest BCUT2D eigenvalue weighted by atomic mass is 10.2. The summed E-state index contributed by atoms with van der Waals surface area (Å²) < 4.78 is 0. The number of guanidine groups is 1. The van der Waals surface area contributed by atoms with Gasteiger partial charge in [-0.3, -0.25) is 9.79 Å². The average molecular weight is 366 g/mol. The van der Waals surface area contributed by atoms with Crippen LogP contribution in [-0.2, 0) is 4.79 Å². The molecule has 0 spiro atoms. The van der Waals surface area contributed by atoms with Crippen molar-refractivity contribution in [2.75, 3.05) is 52.4 Å². The minimum atomic E-state index is 0.328. The van der Waals surface area contributed by atoms with Gasteiger partial charge in [0.25, 0.3) is 0 Å². The number of aliphatic imine (C=N–C) groups is 1. The van der Waals surface area contributed by atoms with E-state index in [1.54, 1.807) is 0 Å². The van der Waals surface area contributed by atoms with Gasteiger partial charge in [-0.25, -0.2) is 0 Å². The lowest BCUT2D eigenvalue weighted by Gasteiger charge is -2.20. The van der Waals surface area contributed by atoms with Crippen LogP contribution in [0, 0.1) is 0 Å². The summed E-state index contributed by atoms with van der Waals surface area (Å²) in [7, 11) is 0. The fourth-order valence-corrected chi connectivity index (χ4v) is 3.74. The molecule has 0 bridgehead atoms. The molecule has 0 unspecified atom stereocenters. The van der Waals surface area contributed by atoms with Gasteiger partial charge < -0.3 is 20.4 Å². The minimum absolute atomic E-state index is 0.328. The molecule has 2 N–H and O–H groups in total. The predicted molar refractivity (Wildman–Crippen MR) is 109 cm³/mol. The monoisotopic (exact) mass is 365 g/mol. The number of nitrogens with one attached hydrogen (secondary N) is 2. The molecule has 6 heteroatoms. The van der Waals surface area contributed by atoms with Gasteiger partial charge in [-0.1, -0.05) is 6.42 Å². The molecule has 0 aromatic rings. The van der Waals surface area contributed by atoms with E-state index in [-0.39, 0.29) is 0 Å². The molecule has 2 rings (SSSR count). The van der Waals surface area contributed by atoms with Crippen LogP contribution in [0.1, 0.15) is 64.7 Å². The topological polar surface area (TPSA) is 60.0 Å². The van der Waals surface area contributed by atoms with E-state index in [2.05, 4.69) is 27.4 Å². The Bertz CT molecular complexity index is 420. The molecule has 0 aromatic heterocycles. The molecule has 2 heterocycles. The first-order valence-corrected chi connectivity index (χ1v) is 10.8. The van der Waals surface area contributed by atoms with Crippen molar-refractivity contribution in [3.63, 3.8) is 0 Å². The highest BCUT2D eigenvalue weighted by Crippen LogP contribution is 2.11. The number of rotatable bonds is 10. The van der Waals surface area contributed by atoms with E-state index in [4.69, 9.17) is 0 Å². The first-order chi connectivity index (χ1) is 12.8. The standard InChI is InChI=1S/C20H39N5O/c1-2-21-20(22-12-5-7-14-24-15-8-9-16-24)23-13-10-18-25-17-6-3-4-11-19(25)26/h2-18H2,1H3,(H2,21,22,23). The van der Waals surface area contributed by atoms with E-state index in [1.165, 1.54) is 51.7 Å². The van der Waals surface area contributed by atoms with Crippen molar-refractivity contribution in [3.05, 3.63) is 0 Å². The molecule has 0 atom stereocenters. The fraction of sp³-hybridized carbons (Fsp3) is 0.900.